The molecule has 108 valence electrons. The van der Waals surface area contributed by atoms with Crippen LogP contribution in [0.1, 0.15) is 5.89 Å². The maximum absolute atomic E-state index is 9.62. The van der Waals surface area contributed by atoms with Crippen LogP contribution >= 0.6 is 15.9 Å². The molecule has 0 radical (unpaired) electrons. The maximum atomic E-state index is 9.62. The fourth-order valence-corrected chi connectivity index (χ4v) is 2.25. The third-order valence-electron chi connectivity index (χ3n) is 2.65. The Balaban J connectivity index is 2.14. The summed E-state index contributed by atoms with van der Waals surface area (Å²) in [5.74, 6) is 1.57. The molecule has 1 atom stereocenters. The summed E-state index contributed by atoms with van der Waals surface area (Å²) in [6.45, 7) is 0.228. The van der Waals surface area contributed by atoms with Crippen LogP contribution in [0, 0.1) is 0 Å². The molecule has 0 saturated carbocycles. The van der Waals surface area contributed by atoms with Gasteiger partial charge in [-0.1, -0.05) is 5.16 Å². The molecular formula is C13H15BrN2O4. The van der Waals surface area contributed by atoms with Gasteiger partial charge < -0.3 is 19.1 Å². The zero-order valence-electron chi connectivity index (χ0n) is 11.2. The van der Waals surface area contributed by atoms with Crippen molar-refractivity contribution in [3.8, 4) is 17.1 Å². The van der Waals surface area contributed by atoms with Crippen molar-refractivity contribution < 1.29 is 19.1 Å². The summed E-state index contributed by atoms with van der Waals surface area (Å²) in [6.07, 6.45) is -0.395. The predicted molar refractivity (Wildman–Crippen MR) is 75.6 cm³/mol. The van der Waals surface area contributed by atoms with Crippen LogP contribution in [0.4, 0.5) is 0 Å². The number of methoxy groups -OCH3 is 2. The summed E-state index contributed by atoms with van der Waals surface area (Å²) in [5.41, 5.74) is 0.800. The number of aliphatic hydroxyl groups is 1. The van der Waals surface area contributed by atoms with Gasteiger partial charge in [0, 0.05) is 12.7 Å². The molecule has 0 saturated heterocycles. The van der Waals surface area contributed by atoms with Crippen molar-refractivity contribution in [2.45, 2.75) is 12.5 Å². The number of hydrogen-bond acceptors (Lipinski definition) is 6. The first-order valence-electron chi connectivity index (χ1n) is 5.97. The predicted octanol–water partition coefficient (Wildman–Crippen LogP) is 2.06. The minimum atomic E-state index is -0.657. The van der Waals surface area contributed by atoms with Crippen LogP contribution in [0.25, 0.3) is 11.4 Å². The Morgan fingerprint density at radius 1 is 1.40 bits per heavy atom. The van der Waals surface area contributed by atoms with Crippen LogP contribution in [-0.2, 0) is 11.2 Å². The summed E-state index contributed by atoms with van der Waals surface area (Å²) in [5, 5.41) is 13.5. The lowest BCUT2D eigenvalue weighted by Gasteiger charge is -2.04. The van der Waals surface area contributed by atoms with E-state index in [4.69, 9.17) is 14.0 Å². The minimum Gasteiger partial charge on any atom is -0.496 e. The highest BCUT2D eigenvalue weighted by atomic mass is 79.9. The standard InChI is InChI=1S/C13H15BrN2O4/c1-18-7-9(17)6-12-15-13(16-20-12)8-3-4-11(19-2)10(14)5-8/h3-5,9,17H,6-7H2,1-2H3. The lowest BCUT2D eigenvalue weighted by Crippen LogP contribution is -2.17. The van der Waals surface area contributed by atoms with E-state index in [1.54, 1.807) is 7.11 Å². The molecule has 0 spiro atoms. The van der Waals surface area contributed by atoms with E-state index in [1.165, 1.54) is 7.11 Å². The van der Waals surface area contributed by atoms with Crippen molar-refractivity contribution in [3.05, 3.63) is 28.6 Å². The second-order valence-electron chi connectivity index (χ2n) is 4.17. The van der Waals surface area contributed by atoms with Crippen LogP contribution in [0.3, 0.4) is 0 Å². The van der Waals surface area contributed by atoms with Crippen LogP contribution in [0.15, 0.2) is 27.2 Å². The Morgan fingerprint density at radius 2 is 2.20 bits per heavy atom. The van der Waals surface area contributed by atoms with Gasteiger partial charge in [-0.3, -0.25) is 0 Å². The van der Waals surface area contributed by atoms with Gasteiger partial charge in [0.2, 0.25) is 11.7 Å². The van der Waals surface area contributed by atoms with E-state index < -0.39 is 6.10 Å². The van der Waals surface area contributed by atoms with Crippen LogP contribution in [-0.4, -0.2) is 42.2 Å². The molecule has 1 aromatic carbocycles. The average Bonchev–Trinajstić information content (AvgIpc) is 2.87. The summed E-state index contributed by atoms with van der Waals surface area (Å²) in [7, 11) is 3.13. The Morgan fingerprint density at radius 3 is 2.85 bits per heavy atom. The molecule has 2 aromatic rings. The number of aliphatic hydroxyl groups excluding tert-OH is 1. The second kappa shape index (κ2) is 6.83. The van der Waals surface area contributed by atoms with Gasteiger partial charge in [-0.15, -0.1) is 0 Å². The molecule has 1 N–H and O–H groups in total. The van der Waals surface area contributed by atoms with E-state index >= 15 is 0 Å². The van der Waals surface area contributed by atoms with Crippen molar-refractivity contribution in [2.24, 2.45) is 0 Å². The highest BCUT2D eigenvalue weighted by molar-refractivity contribution is 9.10. The summed E-state index contributed by atoms with van der Waals surface area (Å²) >= 11 is 3.40. The van der Waals surface area contributed by atoms with Crippen molar-refractivity contribution in [1.29, 1.82) is 0 Å². The van der Waals surface area contributed by atoms with E-state index in [0.717, 1.165) is 15.8 Å². The first-order chi connectivity index (χ1) is 9.63. The van der Waals surface area contributed by atoms with Crippen LogP contribution in [0.2, 0.25) is 0 Å². The number of ether oxygens (including phenoxy) is 2. The van der Waals surface area contributed by atoms with E-state index in [0.29, 0.717) is 11.7 Å². The summed E-state index contributed by atoms with van der Waals surface area (Å²) in [6, 6.07) is 5.50. The van der Waals surface area contributed by atoms with E-state index in [9.17, 15) is 5.11 Å². The number of hydrogen-bond donors (Lipinski definition) is 1. The summed E-state index contributed by atoms with van der Waals surface area (Å²) < 4.78 is 15.9. The number of benzene rings is 1. The summed E-state index contributed by atoms with van der Waals surface area (Å²) in [4.78, 5) is 4.24. The van der Waals surface area contributed by atoms with Gasteiger partial charge in [0.15, 0.2) is 0 Å². The fourth-order valence-electron chi connectivity index (χ4n) is 1.71. The molecule has 6 nitrogen and oxygen atoms in total. The Bertz CT molecular complexity index is 573. The molecule has 0 aliphatic rings. The third-order valence-corrected chi connectivity index (χ3v) is 3.27. The van der Waals surface area contributed by atoms with E-state index in [2.05, 4.69) is 26.1 Å². The molecule has 0 aliphatic carbocycles. The van der Waals surface area contributed by atoms with Crippen molar-refractivity contribution in [1.82, 2.24) is 10.1 Å². The van der Waals surface area contributed by atoms with Gasteiger partial charge >= 0.3 is 0 Å². The fraction of sp³-hybridized carbons (Fsp3) is 0.385. The average molecular weight is 343 g/mol. The normalized spacial score (nSPS) is 12.4. The highest BCUT2D eigenvalue weighted by Gasteiger charge is 2.14. The molecule has 0 aliphatic heterocycles. The Labute approximate surface area is 124 Å². The third kappa shape index (κ3) is 3.56. The van der Waals surface area contributed by atoms with Gasteiger partial charge in [-0.05, 0) is 34.1 Å². The molecule has 1 heterocycles. The van der Waals surface area contributed by atoms with Gasteiger partial charge in [0.25, 0.3) is 0 Å². The van der Waals surface area contributed by atoms with Gasteiger partial charge in [-0.2, -0.15) is 4.98 Å². The van der Waals surface area contributed by atoms with Crippen molar-refractivity contribution in [3.63, 3.8) is 0 Å². The monoisotopic (exact) mass is 342 g/mol. The highest BCUT2D eigenvalue weighted by Crippen LogP contribution is 2.29. The molecule has 7 heteroatoms. The molecule has 1 unspecified atom stereocenters. The van der Waals surface area contributed by atoms with Crippen LogP contribution < -0.4 is 4.74 Å². The number of halogens is 1. The van der Waals surface area contributed by atoms with Gasteiger partial charge in [0.05, 0.1) is 30.7 Å². The quantitative estimate of drug-likeness (QED) is 0.865. The minimum absolute atomic E-state index is 0.228. The molecule has 2 rings (SSSR count). The Kier molecular flexibility index (Phi) is 5.11. The molecule has 0 amide bonds. The molecular weight excluding hydrogens is 328 g/mol. The zero-order chi connectivity index (χ0) is 14.5. The first-order valence-corrected chi connectivity index (χ1v) is 6.77. The second-order valence-corrected chi connectivity index (χ2v) is 5.03. The van der Waals surface area contributed by atoms with Crippen molar-refractivity contribution in [2.75, 3.05) is 20.8 Å². The number of rotatable bonds is 6. The molecule has 1 aromatic heterocycles. The van der Waals surface area contributed by atoms with Crippen LogP contribution in [0.5, 0.6) is 5.75 Å². The van der Waals surface area contributed by atoms with Gasteiger partial charge in [-0.25, -0.2) is 0 Å². The topological polar surface area (TPSA) is 77.6 Å². The molecule has 20 heavy (non-hydrogen) atoms. The van der Waals surface area contributed by atoms with Gasteiger partial charge in [0.1, 0.15) is 5.75 Å². The lowest BCUT2D eigenvalue weighted by molar-refractivity contribution is 0.0599. The maximum Gasteiger partial charge on any atom is 0.229 e. The largest absolute Gasteiger partial charge is 0.496 e. The number of nitrogens with zero attached hydrogens (tertiary/aromatic N) is 2. The first kappa shape index (κ1) is 15.0. The lowest BCUT2D eigenvalue weighted by atomic mass is 10.2. The smallest absolute Gasteiger partial charge is 0.229 e. The molecule has 0 bridgehead atoms. The molecule has 0 fully saturated rings. The van der Waals surface area contributed by atoms with Crippen molar-refractivity contribution >= 4 is 15.9 Å². The van der Waals surface area contributed by atoms with E-state index in [-0.39, 0.29) is 13.0 Å². The number of aromatic nitrogens is 2. The Hall–Kier alpha value is -1.44. The zero-order valence-corrected chi connectivity index (χ0v) is 12.8. The van der Waals surface area contributed by atoms with E-state index in [1.807, 2.05) is 18.2 Å². The SMILES string of the molecule is COCC(O)Cc1nc(-c2ccc(OC)c(Br)c2)no1.